The molecule has 2 amide bonds. The lowest BCUT2D eigenvalue weighted by molar-refractivity contribution is -0.151. The van der Waals surface area contributed by atoms with Crippen molar-refractivity contribution < 1.29 is 19.1 Å². The number of ether oxygens (including phenoxy) is 1. The van der Waals surface area contributed by atoms with E-state index in [9.17, 15) is 14.4 Å². The molecule has 2 rings (SSSR count). The summed E-state index contributed by atoms with van der Waals surface area (Å²) in [6.07, 6.45) is 2.56. The van der Waals surface area contributed by atoms with Crippen molar-refractivity contribution in [3.8, 4) is 0 Å². The lowest BCUT2D eigenvalue weighted by atomic mass is 9.98. The fourth-order valence-corrected chi connectivity index (χ4v) is 3.68. The molecular weight excluding hydrogens is 360 g/mol. The van der Waals surface area contributed by atoms with Gasteiger partial charge in [-0.25, -0.2) is 0 Å². The molecule has 2 aliphatic rings. The Morgan fingerprint density at radius 1 is 1.04 bits per heavy atom. The Morgan fingerprint density at radius 2 is 1.68 bits per heavy atom. The van der Waals surface area contributed by atoms with Gasteiger partial charge in [0.05, 0.1) is 25.6 Å². The van der Waals surface area contributed by atoms with Gasteiger partial charge in [-0.05, 0) is 33.1 Å². The van der Waals surface area contributed by atoms with E-state index in [0.717, 1.165) is 45.4 Å². The first kappa shape index (κ1) is 22.6. The second kappa shape index (κ2) is 11.4. The summed E-state index contributed by atoms with van der Waals surface area (Å²) in [5.74, 6) is -0.239. The van der Waals surface area contributed by atoms with Crippen molar-refractivity contribution in [2.24, 2.45) is 5.92 Å². The standard InChI is InChI=1S/C20H36N4O4/c1-4-16(3)21-18(25)14-22-9-11-23(12-10-22)15-19(26)24-8-6-7-17(13-24)20(27)28-5-2/h16-17H,4-15H2,1-3H3,(H,21,25). The van der Waals surface area contributed by atoms with Gasteiger partial charge in [-0.15, -0.1) is 0 Å². The zero-order chi connectivity index (χ0) is 20.5. The molecule has 2 unspecified atom stereocenters. The van der Waals surface area contributed by atoms with Crippen LogP contribution in [0.4, 0.5) is 0 Å². The van der Waals surface area contributed by atoms with Crippen LogP contribution in [0.3, 0.4) is 0 Å². The van der Waals surface area contributed by atoms with Gasteiger partial charge in [0.15, 0.2) is 0 Å². The van der Waals surface area contributed by atoms with Gasteiger partial charge in [-0.1, -0.05) is 6.92 Å². The van der Waals surface area contributed by atoms with Crippen molar-refractivity contribution >= 4 is 17.8 Å². The second-order valence-corrected chi connectivity index (χ2v) is 7.86. The minimum Gasteiger partial charge on any atom is -0.466 e. The maximum Gasteiger partial charge on any atom is 0.310 e. The molecule has 0 saturated carbocycles. The molecule has 160 valence electrons. The summed E-state index contributed by atoms with van der Waals surface area (Å²) in [6.45, 7) is 11.3. The first-order valence-corrected chi connectivity index (χ1v) is 10.6. The minimum absolute atomic E-state index is 0.0669. The molecule has 2 heterocycles. The molecule has 0 radical (unpaired) electrons. The largest absolute Gasteiger partial charge is 0.466 e. The van der Waals surface area contributed by atoms with Crippen LogP contribution < -0.4 is 5.32 Å². The van der Waals surface area contributed by atoms with Gasteiger partial charge in [-0.2, -0.15) is 0 Å². The number of nitrogens with zero attached hydrogens (tertiary/aromatic N) is 3. The summed E-state index contributed by atoms with van der Waals surface area (Å²) in [6, 6.07) is 0.203. The Morgan fingerprint density at radius 3 is 2.29 bits per heavy atom. The molecule has 1 N–H and O–H groups in total. The number of rotatable bonds is 8. The van der Waals surface area contributed by atoms with E-state index in [4.69, 9.17) is 4.74 Å². The van der Waals surface area contributed by atoms with E-state index in [1.54, 1.807) is 11.8 Å². The highest BCUT2D eigenvalue weighted by atomic mass is 16.5. The van der Waals surface area contributed by atoms with Crippen LogP contribution in [0.2, 0.25) is 0 Å². The van der Waals surface area contributed by atoms with E-state index in [2.05, 4.69) is 22.0 Å². The average molecular weight is 397 g/mol. The third-order valence-corrected chi connectivity index (χ3v) is 5.60. The lowest BCUT2D eigenvalue weighted by Gasteiger charge is -2.36. The van der Waals surface area contributed by atoms with Gasteiger partial charge >= 0.3 is 5.97 Å². The average Bonchev–Trinajstić information content (AvgIpc) is 2.69. The Balaban J connectivity index is 1.71. The summed E-state index contributed by atoms with van der Waals surface area (Å²) in [7, 11) is 0. The van der Waals surface area contributed by atoms with Crippen molar-refractivity contribution in [1.82, 2.24) is 20.0 Å². The Kier molecular flexibility index (Phi) is 9.18. The zero-order valence-corrected chi connectivity index (χ0v) is 17.6. The summed E-state index contributed by atoms with van der Waals surface area (Å²) in [4.78, 5) is 42.7. The van der Waals surface area contributed by atoms with Crippen molar-refractivity contribution in [3.63, 3.8) is 0 Å². The molecule has 8 heteroatoms. The normalized spacial score (nSPS) is 22.5. The maximum absolute atomic E-state index is 12.7. The molecular formula is C20H36N4O4. The number of carbonyl (C=O) groups is 3. The Hall–Kier alpha value is -1.67. The molecule has 2 atom stereocenters. The highest BCUT2D eigenvalue weighted by Crippen LogP contribution is 2.18. The molecule has 2 saturated heterocycles. The van der Waals surface area contributed by atoms with Crippen LogP contribution in [0.1, 0.15) is 40.0 Å². The number of amides is 2. The van der Waals surface area contributed by atoms with Gasteiger partial charge in [0.2, 0.25) is 11.8 Å². The zero-order valence-electron chi connectivity index (χ0n) is 17.6. The highest BCUT2D eigenvalue weighted by molar-refractivity contribution is 5.80. The molecule has 0 aromatic rings. The van der Waals surface area contributed by atoms with E-state index in [1.807, 2.05) is 6.92 Å². The third kappa shape index (κ3) is 7.05. The van der Waals surface area contributed by atoms with Crippen LogP contribution in [0.15, 0.2) is 0 Å². The van der Waals surface area contributed by atoms with E-state index < -0.39 is 0 Å². The van der Waals surface area contributed by atoms with Crippen molar-refractivity contribution in [1.29, 1.82) is 0 Å². The third-order valence-electron chi connectivity index (χ3n) is 5.60. The molecule has 2 aliphatic heterocycles. The van der Waals surface area contributed by atoms with E-state index in [-0.39, 0.29) is 29.7 Å². The highest BCUT2D eigenvalue weighted by Gasteiger charge is 2.30. The number of nitrogens with one attached hydrogen (secondary N) is 1. The topological polar surface area (TPSA) is 82.2 Å². The van der Waals surface area contributed by atoms with Crippen molar-refractivity contribution in [2.75, 3.05) is 59.0 Å². The number of piperazine rings is 1. The maximum atomic E-state index is 12.7. The summed E-state index contributed by atoms with van der Waals surface area (Å²) < 4.78 is 5.11. The Bertz CT molecular complexity index is 534. The molecule has 8 nitrogen and oxygen atoms in total. The summed E-state index contributed by atoms with van der Waals surface area (Å²) in [5, 5.41) is 2.99. The number of piperidine rings is 1. The predicted octanol–water partition coefficient (Wildman–Crippen LogP) is 0.320. The van der Waals surface area contributed by atoms with Crippen LogP contribution in [0.25, 0.3) is 0 Å². The van der Waals surface area contributed by atoms with E-state index in [0.29, 0.717) is 32.8 Å². The first-order chi connectivity index (χ1) is 13.4. The number of hydrogen-bond acceptors (Lipinski definition) is 6. The van der Waals surface area contributed by atoms with Crippen LogP contribution >= 0.6 is 0 Å². The molecule has 2 fully saturated rings. The summed E-state index contributed by atoms with van der Waals surface area (Å²) >= 11 is 0. The second-order valence-electron chi connectivity index (χ2n) is 7.86. The number of hydrogen-bond donors (Lipinski definition) is 1. The van der Waals surface area contributed by atoms with Crippen LogP contribution in [-0.2, 0) is 19.1 Å². The Labute approximate surface area is 168 Å². The van der Waals surface area contributed by atoms with Gasteiger partial charge < -0.3 is 15.0 Å². The first-order valence-electron chi connectivity index (χ1n) is 10.6. The summed E-state index contributed by atoms with van der Waals surface area (Å²) in [5.41, 5.74) is 0. The quantitative estimate of drug-likeness (QED) is 0.595. The molecule has 0 bridgehead atoms. The molecule has 0 aromatic carbocycles. The predicted molar refractivity (Wildman–Crippen MR) is 107 cm³/mol. The SMILES string of the molecule is CCOC(=O)C1CCCN(C(=O)CN2CCN(CC(=O)NC(C)CC)CC2)C1. The van der Waals surface area contributed by atoms with E-state index in [1.165, 1.54) is 0 Å². The van der Waals surface area contributed by atoms with Gasteiger partial charge in [0.1, 0.15) is 0 Å². The molecule has 0 aromatic heterocycles. The van der Waals surface area contributed by atoms with Crippen molar-refractivity contribution in [3.05, 3.63) is 0 Å². The van der Waals surface area contributed by atoms with Crippen LogP contribution in [0, 0.1) is 5.92 Å². The van der Waals surface area contributed by atoms with Gasteiger partial charge in [-0.3, -0.25) is 24.2 Å². The van der Waals surface area contributed by atoms with Crippen LogP contribution in [-0.4, -0.2) is 97.5 Å². The minimum atomic E-state index is -0.196. The monoisotopic (exact) mass is 396 g/mol. The fraction of sp³-hybridized carbons (Fsp3) is 0.850. The number of likely N-dealkylation sites (tertiary alicyclic amines) is 1. The lowest BCUT2D eigenvalue weighted by Crippen LogP contribution is -2.53. The molecule has 0 aliphatic carbocycles. The van der Waals surface area contributed by atoms with Crippen LogP contribution in [0.5, 0.6) is 0 Å². The smallest absolute Gasteiger partial charge is 0.310 e. The number of carbonyl (C=O) groups excluding carboxylic acids is 3. The molecule has 28 heavy (non-hydrogen) atoms. The van der Waals surface area contributed by atoms with Gasteiger partial charge in [0, 0.05) is 45.3 Å². The van der Waals surface area contributed by atoms with Crippen molar-refractivity contribution in [2.45, 2.75) is 46.1 Å². The fourth-order valence-electron chi connectivity index (χ4n) is 3.68. The molecule has 0 spiro atoms. The number of esters is 1. The van der Waals surface area contributed by atoms with Gasteiger partial charge in [0.25, 0.3) is 0 Å². The van der Waals surface area contributed by atoms with E-state index >= 15 is 0 Å².